The van der Waals surface area contributed by atoms with Gasteiger partial charge in [0.15, 0.2) is 11.5 Å². The quantitative estimate of drug-likeness (QED) is 0.588. The highest BCUT2D eigenvalue weighted by molar-refractivity contribution is 7.92. The highest BCUT2D eigenvalue weighted by Gasteiger charge is 2.29. The van der Waals surface area contributed by atoms with Gasteiger partial charge in [0.1, 0.15) is 12.3 Å². The second-order valence-corrected chi connectivity index (χ2v) is 7.40. The highest BCUT2D eigenvalue weighted by Crippen LogP contribution is 2.33. The fraction of sp³-hybridized carbons (Fsp3) is 0.316. The molecule has 0 aliphatic rings. The Morgan fingerprint density at radius 2 is 1.68 bits per heavy atom. The number of esters is 1. The summed E-state index contributed by atoms with van der Waals surface area (Å²) >= 11 is 0. The van der Waals surface area contributed by atoms with E-state index in [0.29, 0.717) is 11.5 Å². The lowest BCUT2D eigenvalue weighted by atomic mass is 10.3. The van der Waals surface area contributed by atoms with Crippen LogP contribution in [0.25, 0.3) is 0 Å². The van der Waals surface area contributed by atoms with Gasteiger partial charge in [0.2, 0.25) is 0 Å². The van der Waals surface area contributed by atoms with Crippen molar-refractivity contribution in [1.29, 1.82) is 0 Å². The summed E-state index contributed by atoms with van der Waals surface area (Å²) in [5.74, 6) is 0.424. The molecule has 9 heteroatoms. The van der Waals surface area contributed by atoms with Crippen molar-refractivity contribution in [3.8, 4) is 17.2 Å². The standard InChI is InChI=1S/C19H23NO7S/c1-5-27-19(21)13-20(14-7-6-8-15(11-14)24-2)28(22,23)16-9-10-17(25-3)18(12-16)26-4/h6-12H,5,13H2,1-4H3. The van der Waals surface area contributed by atoms with Gasteiger partial charge in [-0.1, -0.05) is 6.07 Å². The van der Waals surface area contributed by atoms with Crippen LogP contribution in [0, 0.1) is 0 Å². The van der Waals surface area contributed by atoms with Crippen molar-refractivity contribution in [2.45, 2.75) is 11.8 Å². The molecule has 28 heavy (non-hydrogen) atoms. The van der Waals surface area contributed by atoms with Crippen molar-refractivity contribution < 1.29 is 32.2 Å². The van der Waals surface area contributed by atoms with E-state index in [-0.39, 0.29) is 22.9 Å². The number of rotatable bonds is 9. The molecule has 2 rings (SSSR count). The molecule has 0 fully saturated rings. The van der Waals surface area contributed by atoms with E-state index in [0.717, 1.165) is 4.31 Å². The third kappa shape index (κ3) is 4.66. The molecule has 0 aliphatic carbocycles. The number of methoxy groups -OCH3 is 3. The predicted octanol–water partition coefficient (Wildman–Crippen LogP) is 2.47. The molecule has 0 atom stereocenters. The maximum atomic E-state index is 13.3. The van der Waals surface area contributed by atoms with Crippen LogP contribution in [0.5, 0.6) is 17.2 Å². The second-order valence-electron chi connectivity index (χ2n) is 5.53. The predicted molar refractivity (Wildman–Crippen MR) is 104 cm³/mol. The van der Waals surface area contributed by atoms with Crippen LogP contribution in [-0.4, -0.2) is 48.9 Å². The third-order valence-corrected chi connectivity index (χ3v) is 5.63. The number of sulfonamides is 1. The number of carbonyl (C=O) groups excluding carboxylic acids is 1. The van der Waals surface area contributed by atoms with E-state index < -0.39 is 22.5 Å². The van der Waals surface area contributed by atoms with E-state index in [2.05, 4.69) is 0 Å². The molecule has 0 N–H and O–H groups in total. The van der Waals surface area contributed by atoms with Crippen LogP contribution >= 0.6 is 0 Å². The first-order valence-corrected chi connectivity index (χ1v) is 9.85. The molecule has 0 saturated heterocycles. The van der Waals surface area contributed by atoms with Crippen LogP contribution in [0.4, 0.5) is 5.69 Å². The zero-order chi connectivity index (χ0) is 20.7. The Labute approximate surface area is 164 Å². The Balaban J connectivity index is 2.55. The SMILES string of the molecule is CCOC(=O)CN(c1cccc(OC)c1)S(=O)(=O)c1ccc(OC)c(OC)c1. The summed E-state index contributed by atoms with van der Waals surface area (Å²) in [7, 11) is 0.224. The van der Waals surface area contributed by atoms with Crippen LogP contribution in [0.15, 0.2) is 47.4 Å². The van der Waals surface area contributed by atoms with Crippen molar-refractivity contribution in [2.75, 3.05) is 38.8 Å². The van der Waals surface area contributed by atoms with Gasteiger partial charge in [0.25, 0.3) is 10.0 Å². The molecule has 0 heterocycles. The Kier molecular flexibility index (Phi) is 7.11. The number of carbonyl (C=O) groups is 1. The first-order valence-electron chi connectivity index (χ1n) is 8.41. The molecule has 0 aliphatic heterocycles. The lowest BCUT2D eigenvalue weighted by molar-refractivity contribution is -0.141. The van der Waals surface area contributed by atoms with Gasteiger partial charge in [-0.25, -0.2) is 8.42 Å². The number of benzene rings is 2. The molecule has 8 nitrogen and oxygen atoms in total. The van der Waals surface area contributed by atoms with Gasteiger partial charge in [-0.3, -0.25) is 9.10 Å². The average Bonchev–Trinajstić information content (AvgIpc) is 2.71. The molecule has 2 aromatic rings. The summed E-state index contributed by atoms with van der Waals surface area (Å²) in [6.45, 7) is 1.30. The largest absolute Gasteiger partial charge is 0.497 e. The molecule has 2 aromatic carbocycles. The lowest BCUT2D eigenvalue weighted by Crippen LogP contribution is -2.36. The zero-order valence-corrected chi connectivity index (χ0v) is 17.0. The number of ether oxygens (including phenoxy) is 4. The van der Waals surface area contributed by atoms with Crippen molar-refractivity contribution in [1.82, 2.24) is 0 Å². The smallest absolute Gasteiger partial charge is 0.326 e. The monoisotopic (exact) mass is 409 g/mol. The van der Waals surface area contributed by atoms with Crippen LogP contribution < -0.4 is 18.5 Å². The number of nitrogens with zero attached hydrogens (tertiary/aromatic N) is 1. The van der Waals surface area contributed by atoms with E-state index in [1.54, 1.807) is 25.1 Å². The fourth-order valence-corrected chi connectivity index (χ4v) is 3.93. The van der Waals surface area contributed by atoms with Gasteiger partial charge in [0, 0.05) is 12.1 Å². The molecule has 0 radical (unpaired) electrons. The number of hydrogen-bond donors (Lipinski definition) is 0. The van der Waals surface area contributed by atoms with Gasteiger partial charge in [-0.15, -0.1) is 0 Å². The van der Waals surface area contributed by atoms with Gasteiger partial charge in [0.05, 0.1) is 38.5 Å². The van der Waals surface area contributed by atoms with Gasteiger partial charge in [-0.2, -0.15) is 0 Å². The average molecular weight is 409 g/mol. The zero-order valence-electron chi connectivity index (χ0n) is 16.2. The molecule has 0 bridgehead atoms. The summed E-state index contributed by atoms with van der Waals surface area (Å²) in [6, 6.07) is 10.6. The van der Waals surface area contributed by atoms with Crippen LogP contribution in [0.1, 0.15) is 6.92 Å². The normalized spacial score (nSPS) is 10.9. The van der Waals surface area contributed by atoms with Crippen molar-refractivity contribution in [2.24, 2.45) is 0 Å². The second kappa shape index (κ2) is 9.32. The van der Waals surface area contributed by atoms with Crippen LogP contribution in [0.2, 0.25) is 0 Å². The van der Waals surface area contributed by atoms with Gasteiger partial charge in [-0.05, 0) is 31.2 Å². The minimum atomic E-state index is -4.11. The summed E-state index contributed by atoms with van der Waals surface area (Å²) in [5, 5.41) is 0. The molecule has 152 valence electrons. The minimum Gasteiger partial charge on any atom is -0.497 e. The molecular formula is C19H23NO7S. The summed E-state index contributed by atoms with van der Waals surface area (Å²) in [4.78, 5) is 12.0. The van der Waals surface area contributed by atoms with E-state index in [1.165, 1.54) is 45.6 Å². The van der Waals surface area contributed by atoms with E-state index in [4.69, 9.17) is 18.9 Å². The van der Waals surface area contributed by atoms with Crippen LogP contribution in [-0.2, 0) is 19.6 Å². The van der Waals surface area contributed by atoms with Gasteiger partial charge >= 0.3 is 5.97 Å². The number of hydrogen-bond acceptors (Lipinski definition) is 7. The maximum Gasteiger partial charge on any atom is 0.326 e. The van der Waals surface area contributed by atoms with Crippen molar-refractivity contribution in [3.63, 3.8) is 0 Å². The Morgan fingerprint density at radius 3 is 2.29 bits per heavy atom. The lowest BCUT2D eigenvalue weighted by Gasteiger charge is -2.24. The van der Waals surface area contributed by atoms with Gasteiger partial charge < -0.3 is 18.9 Å². The summed E-state index contributed by atoms with van der Waals surface area (Å²) in [6.07, 6.45) is 0. The Hall–Kier alpha value is -2.94. The first kappa shape index (κ1) is 21.4. The molecule has 0 saturated carbocycles. The molecule has 0 aromatic heterocycles. The summed E-state index contributed by atoms with van der Waals surface area (Å²) < 4.78 is 48.1. The molecule has 0 amide bonds. The Morgan fingerprint density at radius 1 is 0.964 bits per heavy atom. The Bertz CT molecular complexity index is 928. The first-order chi connectivity index (χ1) is 13.4. The molecule has 0 unspecified atom stereocenters. The maximum absolute atomic E-state index is 13.3. The van der Waals surface area contributed by atoms with Crippen molar-refractivity contribution >= 4 is 21.7 Å². The molecule has 0 spiro atoms. The van der Waals surface area contributed by atoms with E-state index >= 15 is 0 Å². The topological polar surface area (TPSA) is 91.4 Å². The fourth-order valence-electron chi connectivity index (χ4n) is 2.51. The number of anilines is 1. The summed E-state index contributed by atoms with van der Waals surface area (Å²) in [5.41, 5.74) is 0.266. The van der Waals surface area contributed by atoms with Crippen molar-refractivity contribution in [3.05, 3.63) is 42.5 Å². The van der Waals surface area contributed by atoms with E-state index in [1.807, 2.05) is 0 Å². The third-order valence-electron chi connectivity index (χ3n) is 3.86. The van der Waals surface area contributed by atoms with E-state index in [9.17, 15) is 13.2 Å². The minimum absolute atomic E-state index is 0.0581. The highest BCUT2D eigenvalue weighted by atomic mass is 32.2. The van der Waals surface area contributed by atoms with Crippen LogP contribution in [0.3, 0.4) is 0 Å². The molecular weight excluding hydrogens is 386 g/mol.